The first-order valence-corrected chi connectivity index (χ1v) is 11.9. The molecule has 0 atom stereocenters. The molecule has 0 radical (unpaired) electrons. The third-order valence-corrected chi connectivity index (χ3v) is 7.31. The van der Waals surface area contributed by atoms with Crippen molar-refractivity contribution in [2.75, 3.05) is 10.6 Å². The molecule has 1 aliphatic rings. The predicted molar refractivity (Wildman–Crippen MR) is 126 cm³/mol. The number of fused-ring (bicyclic) bond motifs is 1. The number of anilines is 2. The van der Waals surface area contributed by atoms with Crippen molar-refractivity contribution in [1.29, 1.82) is 0 Å². The van der Waals surface area contributed by atoms with Crippen molar-refractivity contribution in [1.82, 2.24) is 15.2 Å². The van der Waals surface area contributed by atoms with Crippen LogP contribution in [0.5, 0.6) is 0 Å². The van der Waals surface area contributed by atoms with Crippen LogP contribution in [0.3, 0.4) is 0 Å². The Morgan fingerprint density at radius 3 is 2.53 bits per heavy atom. The lowest BCUT2D eigenvalue weighted by atomic mass is 9.95. The lowest BCUT2D eigenvalue weighted by Gasteiger charge is -2.12. The van der Waals surface area contributed by atoms with E-state index in [2.05, 4.69) is 25.8 Å². The van der Waals surface area contributed by atoms with Gasteiger partial charge in [-0.2, -0.15) is 0 Å². The van der Waals surface area contributed by atoms with E-state index in [4.69, 9.17) is 0 Å². The summed E-state index contributed by atoms with van der Waals surface area (Å²) in [6, 6.07) is 13.1. The molecule has 7 nitrogen and oxygen atoms in total. The Labute approximate surface area is 192 Å². The van der Waals surface area contributed by atoms with Crippen molar-refractivity contribution in [3.63, 3.8) is 0 Å². The highest BCUT2D eigenvalue weighted by Crippen LogP contribution is 2.39. The number of aromatic nitrogens is 3. The van der Waals surface area contributed by atoms with Crippen molar-refractivity contribution in [2.45, 2.75) is 25.7 Å². The number of carbonyl (C=O) groups excluding carboxylic acids is 2. The summed E-state index contributed by atoms with van der Waals surface area (Å²) in [6.07, 6.45) is 6.97. The number of aryl methyl sites for hydroxylation is 1. The molecule has 0 saturated heterocycles. The van der Waals surface area contributed by atoms with Crippen LogP contribution in [0.2, 0.25) is 0 Å². The Bertz CT molecular complexity index is 1270. The molecular formula is C23H19N5O2S2. The number of nitrogens with one attached hydrogen (secondary N) is 2. The molecule has 0 saturated carbocycles. The zero-order valence-electron chi connectivity index (χ0n) is 17.0. The van der Waals surface area contributed by atoms with Gasteiger partial charge in [-0.15, -0.1) is 21.5 Å². The highest BCUT2D eigenvalue weighted by Gasteiger charge is 2.27. The van der Waals surface area contributed by atoms with Gasteiger partial charge in [0.1, 0.15) is 10.0 Å². The second-order valence-corrected chi connectivity index (χ2v) is 9.43. The molecule has 2 N–H and O–H groups in total. The van der Waals surface area contributed by atoms with Crippen LogP contribution in [-0.2, 0) is 12.8 Å². The summed E-state index contributed by atoms with van der Waals surface area (Å²) in [5.41, 5.74) is 2.94. The zero-order chi connectivity index (χ0) is 21.9. The number of pyridine rings is 1. The van der Waals surface area contributed by atoms with Gasteiger partial charge in [-0.1, -0.05) is 41.7 Å². The van der Waals surface area contributed by atoms with E-state index in [1.54, 1.807) is 18.3 Å². The van der Waals surface area contributed by atoms with E-state index in [1.807, 2.05) is 30.3 Å². The van der Waals surface area contributed by atoms with Gasteiger partial charge in [0.25, 0.3) is 11.8 Å². The van der Waals surface area contributed by atoms with Gasteiger partial charge in [-0.3, -0.25) is 19.9 Å². The van der Waals surface area contributed by atoms with Crippen molar-refractivity contribution in [3.8, 4) is 10.6 Å². The van der Waals surface area contributed by atoms with Gasteiger partial charge in [0.05, 0.1) is 11.1 Å². The number of carbonyl (C=O) groups is 2. The number of hydrogen-bond acceptors (Lipinski definition) is 7. The van der Waals surface area contributed by atoms with Gasteiger partial charge >= 0.3 is 0 Å². The van der Waals surface area contributed by atoms with Crippen LogP contribution in [0.15, 0.2) is 54.9 Å². The number of hydrogen-bond donors (Lipinski definition) is 2. The van der Waals surface area contributed by atoms with Crippen LogP contribution in [0.1, 0.15) is 44.0 Å². The van der Waals surface area contributed by atoms with Crippen LogP contribution in [0.4, 0.5) is 10.1 Å². The van der Waals surface area contributed by atoms with Gasteiger partial charge in [-0.05, 0) is 43.4 Å². The first-order chi connectivity index (χ1) is 15.7. The summed E-state index contributed by atoms with van der Waals surface area (Å²) < 4.78 is 0. The van der Waals surface area contributed by atoms with E-state index in [0.717, 1.165) is 46.7 Å². The van der Waals surface area contributed by atoms with Crippen LogP contribution in [0, 0.1) is 0 Å². The standard InChI is InChI=1S/C23H19N5O2S2/c29-19(15-9-6-12-24-13-15)25-22-18(16-10-4-5-11-17(16)31-22)20(30)26-23-28-27-21(32-23)14-7-2-1-3-8-14/h1-3,6-9,12-13H,4-5,10-11H2,(H,25,29)(H,26,28,30). The number of amides is 2. The van der Waals surface area contributed by atoms with Crippen molar-refractivity contribution in [3.05, 3.63) is 76.4 Å². The van der Waals surface area contributed by atoms with Crippen molar-refractivity contribution < 1.29 is 9.59 Å². The average Bonchev–Trinajstić information content (AvgIpc) is 3.44. The second-order valence-electron chi connectivity index (χ2n) is 7.34. The second kappa shape index (κ2) is 8.97. The SMILES string of the molecule is O=C(Nc1sc2c(c1C(=O)Nc1nnc(-c3ccccc3)s1)CCCC2)c1cccnc1. The molecule has 0 spiro atoms. The fourth-order valence-electron chi connectivity index (χ4n) is 3.70. The molecular weight excluding hydrogens is 442 g/mol. The minimum atomic E-state index is -0.284. The van der Waals surface area contributed by atoms with Gasteiger partial charge in [0.2, 0.25) is 5.13 Å². The number of nitrogens with zero attached hydrogens (tertiary/aromatic N) is 3. The van der Waals surface area contributed by atoms with Gasteiger partial charge < -0.3 is 5.32 Å². The predicted octanol–water partition coefficient (Wildman–Crippen LogP) is 5.05. The topological polar surface area (TPSA) is 96.9 Å². The molecule has 2 amide bonds. The molecule has 9 heteroatoms. The first kappa shape index (κ1) is 20.5. The van der Waals surface area contributed by atoms with E-state index in [1.165, 1.54) is 28.9 Å². The summed E-state index contributed by atoms with van der Waals surface area (Å²) in [5.74, 6) is -0.560. The number of benzene rings is 1. The van der Waals surface area contributed by atoms with E-state index in [-0.39, 0.29) is 11.8 Å². The zero-order valence-corrected chi connectivity index (χ0v) is 18.6. The van der Waals surface area contributed by atoms with E-state index < -0.39 is 0 Å². The monoisotopic (exact) mass is 461 g/mol. The molecule has 3 aromatic heterocycles. The maximum absolute atomic E-state index is 13.3. The summed E-state index contributed by atoms with van der Waals surface area (Å²) in [7, 11) is 0. The Kier molecular flexibility index (Phi) is 5.74. The van der Waals surface area contributed by atoms with Crippen LogP contribution >= 0.6 is 22.7 Å². The molecule has 32 heavy (non-hydrogen) atoms. The van der Waals surface area contributed by atoms with Gasteiger partial charge in [-0.25, -0.2) is 0 Å². The maximum Gasteiger partial charge on any atom is 0.260 e. The third-order valence-electron chi connectivity index (χ3n) is 5.22. The fourth-order valence-corrected chi connectivity index (χ4v) is 5.72. The summed E-state index contributed by atoms with van der Waals surface area (Å²) >= 11 is 2.80. The molecule has 3 heterocycles. The van der Waals surface area contributed by atoms with E-state index >= 15 is 0 Å². The summed E-state index contributed by atoms with van der Waals surface area (Å²) in [4.78, 5) is 31.2. The molecule has 0 aliphatic heterocycles. The van der Waals surface area contributed by atoms with E-state index in [9.17, 15) is 9.59 Å². The van der Waals surface area contributed by atoms with Crippen LogP contribution < -0.4 is 10.6 Å². The van der Waals surface area contributed by atoms with Crippen LogP contribution in [-0.4, -0.2) is 27.0 Å². The Morgan fingerprint density at radius 1 is 0.875 bits per heavy atom. The largest absolute Gasteiger partial charge is 0.313 e. The normalized spacial score (nSPS) is 12.8. The quantitative estimate of drug-likeness (QED) is 0.434. The maximum atomic E-state index is 13.3. The van der Waals surface area contributed by atoms with Crippen molar-refractivity contribution >= 4 is 44.6 Å². The third kappa shape index (κ3) is 4.17. The number of rotatable bonds is 5. The molecule has 4 aromatic rings. The summed E-state index contributed by atoms with van der Waals surface area (Å²) in [5, 5.41) is 15.9. The molecule has 1 aromatic carbocycles. The minimum absolute atomic E-state index is 0.276. The van der Waals surface area contributed by atoms with Gasteiger partial charge in [0.15, 0.2) is 0 Å². The highest BCUT2D eigenvalue weighted by molar-refractivity contribution is 7.18. The first-order valence-electron chi connectivity index (χ1n) is 10.3. The molecule has 0 bridgehead atoms. The molecule has 1 aliphatic carbocycles. The van der Waals surface area contributed by atoms with Crippen LogP contribution in [0.25, 0.3) is 10.6 Å². The summed E-state index contributed by atoms with van der Waals surface area (Å²) in [6.45, 7) is 0. The molecule has 0 unspecified atom stereocenters. The Balaban J connectivity index is 1.42. The van der Waals surface area contributed by atoms with Gasteiger partial charge in [0, 0.05) is 22.8 Å². The molecule has 5 rings (SSSR count). The Hall–Kier alpha value is -3.43. The fraction of sp³-hybridized carbons (Fsp3) is 0.174. The lowest BCUT2D eigenvalue weighted by molar-refractivity contribution is 0.102. The average molecular weight is 462 g/mol. The minimum Gasteiger partial charge on any atom is -0.313 e. The van der Waals surface area contributed by atoms with E-state index in [0.29, 0.717) is 21.3 Å². The molecule has 160 valence electrons. The highest BCUT2D eigenvalue weighted by atomic mass is 32.1. The smallest absolute Gasteiger partial charge is 0.260 e. The number of thiophene rings is 1. The molecule has 0 fully saturated rings. The Morgan fingerprint density at radius 2 is 1.72 bits per heavy atom. The lowest BCUT2D eigenvalue weighted by Crippen LogP contribution is -2.18. The van der Waals surface area contributed by atoms with Crippen molar-refractivity contribution in [2.24, 2.45) is 0 Å².